The number of anilines is 1. The van der Waals surface area contributed by atoms with Crippen molar-refractivity contribution in [2.24, 2.45) is 5.92 Å². The molecule has 1 atom stereocenters. The first-order chi connectivity index (χ1) is 11.0. The van der Waals surface area contributed by atoms with Crippen LogP contribution in [0, 0.1) is 19.8 Å². The van der Waals surface area contributed by atoms with Gasteiger partial charge in [-0.05, 0) is 49.2 Å². The Kier molecular flexibility index (Phi) is 4.19. The molecule has 1 saturated heterocycles. The molecule has 1 aromatic carbocycles. The number of nitrogens with one attached hydrogen (secondary N) is 1. The molecule has 5 nitrogen and oxygen atoms in total. The smallest absolute Gasteiger partial charge is 0.229 e. The van der Waals surface area contributed by atoms with Crippen LogP contribution >= 0.6 is 0 Å². The molecule has 0 saturated carbocycles. The van der Waals surface area contributed by atoms with Crippen LogP contribution in [0.4, 0.5) is 5.69 Å². The highest BCUT2D eigenvalue weighted by atomic mass is 16.3. The molecular weight excluding hydrogens is 292 g/mol. The number of amides is 2. The molecule has 0 aliphatic carbocycles. The Bertz CT molecular complexity index is 702. The van der Waals surface area contributed by atoms with Gasteiger partial charge in [0.1, 0.15) is 5.76 Å². The molecule has 1 aromatic heterocycles. The zero-order valence-corrected chi connectivity index (χ0v) is 13.3. The van der Waals surface area contributed by atoms with Crippen molar-refractivity contribution in [3.05, 3.63) is 53.5 Å². The van der Waals surface area contributed by atoms with Gasteiger partial charge in [0.25, 0.3) is 0 Å². The lowest BCUT2D eigenvalue weighted by Crippen LogP contribution is -2.27. The summed E-state index contributed by atoms with van der Waals surface area (Å²) in [7, 11) is 0. The van der Waals surface area contributed by atoms with Crippen LogP contribution in [-0.2, 0) is 16.1 Å². The highest BCUT2D eigenvalue weighted by molar-refractivity contribution is 5.97. The van der Waals surface area contributed by atoms with E-state index in [0.717, 1.165) is 22.6 Å². The van der Waals surface area contributed by atoms with E-state index in [0.29, 0.717) is 13.1 Å². The predicted octanol–water partition coefficient (Wildman–Crippen LogP) is 2.88. The van der Waals surface area contributed by atoms with Gasteiger partial charge in [-0.2, -0.15) is 0 Å². The second-order valence-electron chi connectivity index (χ2n) is 6.12. The number of benzene rings is 1. The van der Waals surface area contributed by atoms with Crippen LogP contribution in [0.1, 0.15) is 23.3 Å². The number of aryl methyl sites for hydroxylation is 2. The van der Waals surface area contributed by atoms with Crippen LogP contribution in [0.25, 0.3) is 0 Å². The molecule has 1 fully saturated rings. The summed E-state index contributed by atoms with van der Waals surface area (Å²) < 4.78 is 5.27. The Morgan fingerprint density at radius 2 is 2.04 bits per heavy atom. The number of carbonyl (C=O) groups is 2. The molecule has 3 rings (SSSR count). The summed E-state index contributed by atoms with van der Waals surface area (Å²) in [5.74, 6) is 0.291. The van der Waals surface area contributed by atoms with Gasteiger partial charge in [0, 0.05) is 18.7 Å². The lowest BCUT2D eigenvalue weighted by Gasteiger charge is -2.15. The highest BCUT2D eigenvalue weighted by Crippen LogP contribution is 2.22. The summed E-state index contributed by atoms with van der Waals surface area (Å²) in [5.41, 5.74) is 2.98. The van der Waals surface area contributed by atoms with E-state index in [1.165, 1.54) is 0 Å². The number of furan rings is 1. The Morgan fingerprint density at radius 1 is 1.30 bits per heavy atom. The molecule has 23 heavy (non-hydrogen) atoms. The molecule has 2 aromatic rings. The van der Waals surface area contributed by atoms with Crippen LogP contribution < -0.4 is 5.32 Å². The number of nitrogens with zero attached hydrogens (tertiary/aromatic N) is 1. The summed E-state index contributed by atoms with van der Waals surface area (Å²) >= 11 is 0. The van der Waals surface area contributed by atoms with Crippen LogP contribution in [0.5, 0.6) is 0 Å². The number of carbonyl (C=O) groups excluding carboxylic acids is 2. The van der Waals surface area contributed by atoms with Crippen LogP contribution in [-0.4, -0.2) is 23.3 Å². The van der Waals surface area contributed by atoms with Gasteiger partial charge in [0.05, 0.1) is 18.7 Å². The van der Waals surface area contributed by atoms with Crippen molar-refractivity contribution in [3.8, 4) is 0 Å². The third-order valence-corrected chi connectivity index (χ3v) is 4.00. The van der Waals surface area contributed by atoms with Gasteiger partial charge < -0.3 is 14.6 Å². The number of rotatable bonds is 4. The summed E-state index contributed by atoms with van der Waals surface area (Å²) in [4.78, 5) is 26.2. The molecule has 2 heterocycles. The standard InChI is InChI=1S/C18H20N2O3/c1-12-6-13(2)8-15(7-12)19-18(22)14-9-17(21)20(10-14)11-16-4-3-5-23-16/h3-8,14H,9-11H2,1-2H3,(H,19,22)/t14-/m1/s1. The molecule has 2 amide bonds. The number of hydrogen-bond donors (Lipinski definition) is 1. The maximum atomic E-state index is 12.4. The summed E-state index contributed by atoms with van der Waals surface area (Å²) in [6.45, 7) is 4.83. The van der Waals surface area contributed by atoms with E-state index < -0.39 is 0 Å². The van der Waals surface area contributed by atoms with Crippen LogP contribution in [0.2, 0.25) is 0 Å². The summed E-state index contributed by atoms with van der Waals surface area (Å²) in [6.07, 6.45) is 1.83. The Balaban J connectivity index is 1.63. The zero-order chi connectivity index (χ0) is 16.4. The zero-order valence-electron chi connectivity index (χ0n) is 13.3. The SMILES string of the molecule is Cc1cc(C)cc(NC(=O)[C@@H]2CC(=O)N(Cc3ccco3)C2)c1. The fraction of sp³-hybridized carbons (Fsp3) is 0.333. The van der Waals surface area contributed by atoms with Crippen LogP contribution in [0.3, 0.4) is 0 Å². The monoisotopic (exact) mass is 312 g/mol. The molecule has 0 unspecified atom stereocenters. The lowest BCUT2D eigenvalue weighted by atomic mass is 10.1. The minimum atomic E-state index is -0.321. The van der Waals surface area contributed by atoms with E-state index in [2.05, 4.69) is 11.4 Å². The average Bonchev–Trinajstić information content (AvgIpc) is 3.09. The third-order valence-electron chi connectivity index (χ3n) is 4.00. The molecule has 0 spiro atoms. The van der Waals surface area contributed by atoms with Crippen molar-refractivity contribution in [1.82, 2.24) is 4.90 Å². The molecule has 1 aliphatic heterocycles. The molecule has 120 valence electrons. The van der Waals surface area contributed by atoms with Crippen molar-refractivity contribution >= 4 is 17.5 Å². The van der Waals surface area contributed by atoms with E-state index in [4.69, 9.17) is 4.42 Å². The Hall–Kier alpha value is -2.56. The van der Waals surface area contributed by atoms with Gasteiger partial charge in [0.2, 0.25) is 11.8 Å². The van der Waals surface area contributed by atoms with E-state index in [1.807, 2.05) is 32.0 Å². The van der Waals surface area contributed by atoms with Gasteiger partial charge in [-0.1, -0.05) is 6.07 Å². The maximum absolute atomic E-state index is 12.4. The number of hydrogen-bond acceptors (Lipinski definition) is 3. The predicted molar refractivity (Wildman–Crippen MR) is 86.8 cm³/mol. The topological polar surface area (TPSA) is 62.6 Å². The first-order valence-electron chi connectivity index (χ1n) is 7.70. The van der Waals surface area contributed by atoms with Crippen LogP contribution in [0.15, 0.2) is 41.0 Å². The lowest BCUT2D eigenvalue weighted by molar-refractivity contribution is -0.128. The van der Waals surface area contributed by atoms with E-state index in [9.17, 15) is 9.59 Å². The minimum absolute atomic E-state index is 0.0121. The minimum Gasteiger partial charge on any atom is -0.467 e. The summed E-state index contributed by atoms with van der Waals surface area (Å²) in [6, 6.07) is 9.54. The maximum Gasteiger partial charge on any atom is 0.229 e. The van der Waals surface area contributed by atoms with Gasteiger partial charge in [0.15, 0.2) is 0 Å². The molecule has 1 N–H and O–H groups in total. The highest BCUT2D eigenvalue weighted by Gasteiger charge is 2.34. The quantitative estimate of drug-likeness (QED) is 0.944. The van der Waals surface area contributed by atoms with Gasteiger partial charge in [-0.15, -0.1) is 0 Å². The fourth-order valence-electron chi connectivity index (χ4n) is 2.98. The largest absolute Gasteiger partial charge is 0.467 e. The fourth-order valence-corrected chi connectivity index (χ4v) is 2.98. The van der Waals surface area contributed by atoms with Gasteiger partial charge >= 0.3 is 0 Å². The second-order valence-corrected chi connectivity index (χ2v) is 6.12. The molecule has 5 heteroatoms. The summed E-state index contributed by atoms with van der Waals surface area (Å²) in [5, 5.41) is 2.92. The van der Waals surface area contributed by atoms with Gasteiger partial charge in [-0.3, -0.25) is 9.59 Å². The molecule has 0 bridgehead atoms. The van der Waals surface area contributed by atoms with Crippen molar-refractivity contribution in [2.75, 3.05) is 11.9 Å². The van der Waals surface area contributed by atoms with E-state index >= 15 is 0 Å². The third kappa shape index (κ3) is 3.62. The van der Waals surface area contributed by atoms with Crippen molar-refractivity contribution < 1.29 is 14.0 Å². The van der Waals surface area contributed by atoms with Crippen molar-refractivity contribution in [3.63, 3.8) is 0 Å². The van der Waals surface area contributed by atoms with E-state index in [1.54, 1.807) is 17.2 Å². The molecule has 1 aliphatic rings. The Morgan fingerprint density at radius 3 is 2.70 bits per heavy atom. The van der Waals surface area contributed by atoms with Crippen molar-refractivity contribution in [1.29, 1.82) is 0 Å². The molecule has 0 radical (unpaired) electrons. The van der Waals surface area contributed by atoms with Gasteiger partial charge in [-0.25, -0.2) is 0 Å². The number of likely N-dealkylation sites (tertiary alicyclic amines) is 1. The van der Waals surface area contributed by atoms with Crippen molar-refractivity contribution in [2.45, 2.75) is 26.8 Å². The molecular formula is C18H20N2O3. The second kappa shape index (κ2) is 6.28. The Labute approximate surface area is 135 Å². The first kappa shape index (κ1) is 15.3. The first-order valence-corrected chi connectivity index (χ1v) is 7.70. The normalized spacial score (nSPS) is 17.6. The van der Waals surface area contributed by atoms with E-state index in [-0.39, 0.29) is 24.2 Å². The average molecular weight is 312 g/mol.